The number of furan rings is 1. The summed E-state index contributed by atoms with van der Waals surface area (Å²) in [5.74, 6) is 0.473. The van der Waals surface area contributed by atoms with Gasteiger partial charge in [0.15, 0.2) is 5.76 Å². The van der Waals surface area contributed by atoms with Gasteiger partial charge in [-0.15, -0.1) is 5.10 Å². The summed E-state index contributed by atoms with van der Waals surface area (Å²) in [6.07, 6.45) is 3.39. The topological polar surface area (TPSA) is 51.3 Å². The van der Waals surface area contributed by atoms with E-state index in [1.807, 2.05) is 25.8 Å². The molecule has 0 radical (unpaired) electrons. The van der Waals surface area contributed by atoms with Gasteiger partial charge in [-0.05, 0) is 33.1 Å². The third-order valence-electron chi connectivity index (χ3n) is 4.05. The Kier molecular flexibility index (Phi) is 2.84. The van der Waals surface area contributed by atoms with Gasteiger partial charge in [-0.2, -0.15) is 0 Å². The highest BCUT2D eigenvalue weighted by Gasteiger charge is 2.26. The van der Waals surface area contributed by atoms with Crippen LogP contribution in [-0.4, -0.2) is 33.7 Å². The predicted molar refractivity (Wildman–Crippen MR) is 72.2 cm³/mol. The van der Waals surface area contributed by atoms with Crippen molar-refractivity contribution in [2.75, 3.05) is 13.1 Å². The molecule has 2 aromatic rings. The van der Waals surface area contributed by atoms with Gasteiger partial charge >= 0.3 is 0 Å². The molecule has 0 saturated carbocycles. The van der Waals surface area contributed by atoms with E-state index in [0.717, 1.165) is 42.6 Å². The van der Waals surface area contributed by atoms with E-state index in [-0.39, 0.29) is 5.91 Å². The lowest BCUT2D eigenvalue weighted by molar-refractivity contribution is 0.0693. The van der Waals surface area contributed by atoms with Gasteiger partial charge in [0.2, 0.25) is 5.71 Å². The SMILES string of the molecule is Cc1c(C(=O)N2CCCCC2)oc2nn(C)c(C)c12. The van der Waals surface area contributed by atoms with Gasteiger partial charge in [-0.3, -0.25) is 9.48 Å². The number of aromatic nitrogens is 2. The first kappa shape index (κ1) is 12.3. The van der Waals surface area contributed by atoms with E-state index in [1.165, 1.54) is 6.42 Å². The summed E-state index contributed by atoms with van der Waals surface area (Å²) in [6, 6.07) is 0. The molecular formula is C14H19N3O2. The van der Waals surface area contributed by atoms with E-state index in [4.69, 9.17) is 4.42 Å². The summed E-state index contributed by atoms with van der Waals surface area (Å²) in [5.41, 5.74) is 2.52. The zero-order valence-corrected chi connectivity index (χ0v) is 11.7. The molecule has 0 aliphatic carbocycles. The van der Waals surface area contributed by atoms with Gasteiger partial charge in [-0.1, -0.05) is 0 Å². The van der Waals surface area contributed by atoms with Crippen molar-refractivity contribution in [3.05, 3.63) is 17.0 Å². The summed E-state index contributed by atoms with van der Waals surface area (Å²) in [5, 5.41) is 5.28. The Labute approximate surface area is 112 Å². The van der Waals surface area contributed by atoms with Crippen LogP contribution >= 0.6 is 0 Å². The largest absolute Gasteiger partial charge is 0.431 e. The normalized spacial score (nSPS) is 16.3. The Bertz CT molecular complexity index is 633. The van der Waals surface area contributed by atoms with Gasteiger partial charge in [0.1, 0.15) is 0 Å². The van der Waals surface area contributed by atoms with E-state index in [9.17, 15) is 4.79 Å². The van der Waals surface area contributed by atoms with Crippen molar-refractivity contribution in [2.24, 2.45) is 7.05 Å². The van der Waals surface area contributed by atoms with Gasteiger partial charge in [0.25, 0.3) is 5.91 Å². The Balaban J connectivity index is 2.00. The van der Waals surface area contributed by atoms with E-state index in [0.29, 0.717) is 11.5 Å². The molecular weight excluding hydrogens is 242 g/mol. The van der Waals surface area contributed by atoms with Crippen molar-refractivity contribution in [1.82, 2.24) is 14.7 Å². The second-order valence-electron chi connectivity index (χ2n) is 5.30. The van der Waals surface area contributed by atoms with Crippen LogP contribution in [0.2, 0.25) is 0 Å². The molecule has 5 nitrogen and oxygen atoms in total. The quantitative estimate of drug-likeness (QED) is 0.792. The van der Waals surface area contributed by atoms with Crippen LogP contribution in [0.25, 0.3) is 11.1 Å². The molecule has 3 heterocycles. The van der Waals surface area contributed by atoms with Crippen LogP contribution in [0.15, 0.2) is 4.42 Å². The lowest BCUT2D eigenvalue weighted by Crippen LogP contribution is -2.35. The molecule has 1 aliphatic heterocycles. The number of likely N-dealkylation sites (tertiary alicyclic amines) is 1. The van der Waals surface area contributed by atoms with Crippen LogP contribution in [0.1, 0.15) is 41.1 Å². The van der Waals surface area contributed by atoms with E-state index in [2.05, 4.69) is 5.10 Å². The minimum absolute atomic E-state index is 0.0113. The number of carbonyl (C=O) groups excluding carboxylic acids is 1. The zero-order chi connectivity index (χ0) is 13.6. The molecule has 0 N–H and O–H groups in total. The maximum absolute atomic E-state index is 12.5. The molecule has 5 heteroatoms. The maximum Gasteiger partial charge on any atom is 0.289 e. The molecule has 0 atom stereocenters. The van der Waals surface area contributed by atoms with Crippen molar-refractivity contribution in [3.63, 3.8) is 0 Å². The molecule has 2 aromatic heterocycles. The standard InChI is InChI=1S/C14H19N3O2/c1-9-11-10(2)16(3)15-13(11)19-12(9)14(18)17-7-5-4-6-8-17/h4-8H2,1-3H3. The number of hydrogen-bond acceptors (Lipinski definition) is 3. The summed E-state index contributed by atoms with van der Waals surface area (Å²) >= 11 is 0. The fraction of sp³-hybridized carbons (Fsp3) is 0.571. The minimum Gasteiger partial charge on any atom is -0.431 e. The fourth-order valence-electron chi connectivity index (χ4n) is 2.81. The van der Waals surface area contributed by atoms with Crippen molar-refractivity contribution < 1.29 is 9.21 Å². The monoisotopic (exact) mass is 261 g/mol. The third-order valence-corrected chi connectivity index (χ3v) is 4.05. The summed E-state index contributed by atoms with van der Waals surface area (Å²) in [6.45, 7) is 5.61. The number of fused-ring (bicyclic) bond motifs is 1. The summed E-state index contributed by atoms with van der Waals surface area (Å²) in [7, 11) is 1.89. The van der Waals surface area contributed by atoms with Crippen LogP contribution in [-0.2, 0) is 7.05 Å². The third kappa shape index (κ3) is 1.84. The average molecular weight is 261 g/mol. The number of piperidine rings is 1. The van der Waals surface area contributed by atoms with Crippen molar-refractivity contribution in [3.8, 4) is 0 Å². The molecule has 0 bridgehead atoms. The molecule has 1 saturated heterocycles. The van der Waals surface area contributed by atoms with Gasteiger partial charge in [0.05, 0.1) is 5.39 Å². The smallest absolute Gasteiger partial charge is 0.289 e. The number of aryl methyl sites for hydroxylation is 3. The number of carbonyl (C=O) groups is 1. The summed E-state index contributed by atoms with van der Waals surface area (Å²) in [4.78, 5) is 14.4. The first-order valence-corrected chi connectivity index (χ1v) is 6.81. The van der Waals surface area contributed by atoms with Gasteiger partial charge in [-0.25, -0.2) is 0 Å². The number of hydrogen-bond donors (Lipinski definition) is 0. The molecule has 0 spiro atoms. The molecule has 1 fully saturated rings. The Morgan fingerprint density at radius 2 is 1.89 bits per heavy atom. The highest BCUT2D eigenvalue weighted by molar-refractivity contribution is 5.98. The predicted octanol–water partition coefficient (Wildman–Crippen LogP) is 2.41. The zero-order valence-electron chi connectivity index (χ0n) is 11.7. The maximum atomic E-state index is 12.5. The highest BCUT2D eigenvalue weighted by atomic mass is 16.4. The van der Waals surface area contributed by atoms with Gasteiger partial charge < -0.3 is 9.32 Å². The molecule has 102 valence electrons. The first-order valence-electron chi connectivity index (χ1n) is 6.81. The molecule has 0 aromatic carbocycles. The van der Waals surface area contributed by atoms with E-state index >= 15 is 0 Å². The van der Waals surface area contributed by atoms with Crippen molar-refractivity contribution in [1.29, 1.82) is 0 Å². The molecule has 1 aliphatic rings. The second-order valence-corrected chi connectivity index (χ2v) is 5.30. The fourth-order valence-corrected chi connectivity index (χ4v) is 2.81. The van der Waals surface area contributed by atoms with E-state index in [1.54, 1.807) is 4.68 Å². The molecule has 1 amide bonds. The lowest BCUT2D eigenvalue weighted by atomic mass is 10.1. The molecule has 19 heavy (non-hydrogen) atoms. The average Bonchev–Trinajstić information content (AvgIpc) is 2.88. The summed E-state index contributed by atoms with van der Waals surface area (Å²) < 4.78 is 7.48. The van der Waals surface area contributed by atoms with Crippen molar-refractivity contribution >= 4 is 17.0 Å². The van der Waals surface area contributed by atoms with Gasteiger partial charge in [0, 0.05) is 31.4 Å². The Hall–Kier alpha value is -1.78. The van der Waals surface area contributed by atoms with Crippen molar-refractivity contribution in [2.45, 2.75) is 33.1 Å². The minimum atomic E-state index is 0.0113. The van der Waals surface area contributed by atoms with Crippen LogP contribution in [0, 0.1) is 13.8 Å². The number of rotatable bonds is 1. The Morgan fingerprint density at radius 1 is 1.21 bits per heavy atom. The van der Waals surface area contributed by atoms with Crippen LogP contribution in [0.3, 0.4) is 0 Å². The second kappa shape index (κ2) is 4.40. The van der Waals surface area contributed by atoms with Crippen LogP contribution in [0.4, 0.5) is 0 Å². The van der Waals surface area contributed by atoms with E-state index < -0.39 is 0 Å². The van der Waals surface area contributed by atoms with Crippen LogP contribution < -0.4 is 0 Å². The number of nitrogens with zero attached hydrogens (tertiary/aromatic N) is 3. The van der Waals surface area contributed by atoms with Crippen LogP contribution in [0.5, 0.6) is 0 Å². The highest BCUT2D eigenvalue weighted by Crippen LogP contribution is 2.28. The number of amides is 1. The Morgan fingerprint density at radius 3 is 2.53 bits per heavy atom. The lowest BCUT2D eigenvalue weighted by Gasteiger charge is -2.25. The first-order chi connectivity index (χ1) is 9.09. The molecule has 3 rings (SSSR count). The molecule has 0 unspecified atom stereocenters.